The van der Waals surface area contributed by atoms with E-state index in [-0.39, 0.29) is 178 Å². The van der Waals surface area contributed by atoms with Crippen molar-refractivity contribution in [2.45, 2.75) is 55.4 Å². The van der Waals surface area contributed by atoms with E-state index < -0.39 is 23.7 Å². The number of aromatic nitrogens is 12. The summed E-state index contributed by atoms with van der Waals surface area (Å²) in [7, 11) is -5.73. The van der Waals surface area contributed by atoms with Crippen LogP contribution in [-0.2, 0) is 0 Å². The van der Waals surface area contributed by atoms with Crippen LogP contribution in [-0.4, -0.2) is 64.9 Å². The number of ether oxygens (including phenoxy) is 3. The molecule has 142 heavy (non-hydrogen) atoms. The molecule has 0 aliphatic heterocycles. The van der Waals surface area contributed by atoms with E-state index in [4.69, 9.17) is 111 Å². The average molecular weight is 7050 g/mol. The SMILES string of the molecule is C=C.Cc1cc(Br)cc(C)c1O.Cc1cc(Br)cc(C)c1Oc1nc(Cl)nc(Cl)n1.Cc1cc(Br)cc(C)c1Oc1nc(Cl)nc(Nc2ccc(C#N)cc2)n1.Cc1cc(Br)cc(C)c1Oc1nc(N)nc(Nc2ccc(C#N)cc2)n1.Clc1nc(Cl)nc(Cl)n1.II(I)I(I)I(I)I(I)I(I)I(I)I.I[I-]I(I)I(I)I(I)I(I)I(I)I.I[I-]I(I)I(I)I(I)I(I)I(I)I(I)I.N#Cc1ccc(N)cc1. The predicted octanol–water partition coefficient (Wildman–Crippen LogP) is 49.9. The summed E-state index contributed by atoms with van der Waals surface area (Å²) in [5.41, 5.74) is 22.5. The van der Waals surface area contributed by atoms with Crippen molar-refractivity contribution in [1.29, 1.82) is 15.8 Å². The molecule has 4 heterocycles. The summed E-state index contributed by atoms with van der Waals surface area (Å²) >= 11 is 116. The third kappa shape index (κ3) is 66.8. The Labute approximate surface area is 1190 Å². The molecule has 11 rings (SSSR count). The first kappa shape index (κ1) is 160. The summed E-state index contributed by atoms with van der Waals surface area (Å²) in [6, 6.07) is 42.4. The summed E-state index contributed by atoms with van der Waals surface area (Å²) in [5, 5.41) is 41.4. The first-order chi connectivity index (χ1) is 66.5. The van der Waals surface area contributed by atoms with Crippen LogP contribution in [0.25, 0.3) is 0 Å². The monoisotopic (exact) mass is 7040 g/mol. The number of nitrogens with one attached hydrogen (secondary N) is 2. The van der Waals surface area contributed by atoms with Crippen LogP contribution >= 0.6 is 696 Å². The number of hydrogen-bond acceptors (Lipinski definition) is 23. The number of phenols is 1. The van der Waals surface area contributed by atoms with Crippen molar-refractivity contribution in [3.63, 3.8) is 0 Å². The third-order valence-corrected chi connectivity index (χ3v) is 2490. The standard InChI is InChI=1S/C18H13BrClN5O.C18H15BrN6O.C11H8BrCl2N3O.C8H9BrO.C7H6N2.C3Cl3N3.C2H4.I15.I14.I13/c1-10-7-13(19)8-11(2)15(10)26-18-24-16(20)23-17(25-18)22-14-5-3-12(9-21)4-6-14;1-10-7-13(19)8-11(2)15(10)26-18-24-16(21)23-17(25-18)22-14-5-3-12(9-20)4-6-14;1-5-3-7(12)4-6(2)8(5)18-11-16-9(13)15-10(14)17-11;1-5-3-7(9)4-6(2)8(5)10;8-5-6-1-3-7(9)4-2-6;4-1-7-2(5)9-3(6)8-1;1-2;1-9-11(4)13(6)15(8)14(7)12(5)10(2)3;1-9(2)11(5)13(7)14(8)12(6)10(3)4;1-8-10(4)12(6)13(7)11(5)9(2)3/h3-8H,1-2H3,(H,22,23,24,25);3-8H,1-2H3,(H3,21,22,23,24,25);3-4H,1-2H3;3-4,10H,1-2H3;1-4H,9H2;;1-2H2;;;/q;;;;;;;-1;;-1. The number of phenolic OH excluding ortho intramolecular Hbond substituents is 1. The van der Waals surface area contributed by atoms with Gasteiger partial charge in [-0.15, -0.1) is 13.2 Å². The summed E-state index contributed by atoms with van der Waals surface area (Å²) in [5.74, 6) is 2.95. The van der Waals surface area contributed by atoms with Gasteiger partial charge >= 0.3 is 607 Å². The van der Waals surface area contributed by atoms with E-state index in [2.05, 4.69) is 588 Å². The zero-order valence-corrected chi connectivity index (χ0v) is 171. The Morgan fingerprint density at radius 3 is 0.803 bits per heavy atom. The molecule has 0 atom stereocenters. The Morgan fingerprint density at radius 2 is 0.542 bits per heavy atom. The maximum absolute atomic E-state index is 9.31. The second kappa shape index (κ2) is 90.4. The minimum atomic E-state index is -0.399. The van der Waals surface area contributed by atoms with Crippen molar-refractivity contribution in [1.82, 2.24) is 59.8 Å². The Hall–Kier alpha value is 21.5. The van der Waals surface area contributed by atoms with Gasteiger partial charge in [0.2, 0.25) is 49.5 Å². The van der Waals surface area contributed by atoms with Crippen LogP contribution < -0.4 is 62.8 Å². The van der Waals surface area contributed by atoms with E-state index in [9.17, 15) is 5.11 Å². The second-order valence-electron chi connectivity index (χ2n) is 22.8. The Morgan fingerprint density at radius 1 is 0.324 bits per heavy atom. The van der Waals surface area contributed by atoms with Gasteiger partial charge in [0, 0.05) is 35.0 Å². The van der Waals surface area contributed by atoms with E-state index in [1.54, 1.807) is 72.8 Å². The topological polar surface area (TPSA) is 350 Å². The molecule has 23 nitrogen and oxygen atoms in total. The number of nitrogen functional groups attached to an aromatic ring is 2. The summed E-state index contributed by atoms with van der Waals surface area (Å²) in [6.07, 6.45) is 0. The van der Waals surface area contributed by atoms with Gasteiger partial charge < -0.3 is 41.4 Å². The number of nitrogens with zero attached hydrogens (tertiary/aromatic N) is 15. The molecule has 0 unspecified atom stereocenters. The fourth-order valence-corrected chi connectivity index (χ4v) is 5040. The molecule has 0 fully saturated rings. The number of rotatable bonds is 26. The molecule has 7 aromatic carbocycles. The number of anilines is 6. The summed E-state index contributed by atoms with van der Waals surface area (Å²) in [6.45, 7) is 21.4. The molecule has 0 amide bonds. The molecule has 0 saturated carbocycles. The van der Waals surface area contributed by atoms with Crippen LogP contribution in [0.4, 0.5) is 34.9 Å². The summed E-state index contributed by atoms with van der Waals surface area (Å²) in [4.78, 5) is 46.4. The second-order valence-corrected chi connectivity index (χ2v) is 890. The molecule has 0 saturated heterocycles. The van der Waals surface area contributed by atoms with Gasteiger partial charge in [-0.05, 0) is 291 Å². The number of aryl methyl sites for hydroxylation is 8. The van der Waals surface area contributed by atoms with Crippen LogP contribution in [0.3, 0.4) is 0 Å². The molecule has 808 valence electrons. The Bertz CT molecular complexity index is 5600. The minimum absolute atomic E-state index is 0.000000000000000444. The number of hydrogen-bond donors (Lipinski definition) is 5. The minimum Gasteiger partial charge on any atom is -0.399 e. The fourth-order valence-electron chi connectivity index (χ4n) is 8.36. The quantitative estimate of drug-likeness (QED) is 0.0191. The summed E-state index contributed by atoms with van der Waals surface area (Å²) < 4.78 is 21.2. The van der Waals surface area contributed by atoms with Crippen molar-refractivity contribution in [2.75, 3.05) is 22.1 Å². The number of benzene rings is 7. The van der Waals surface area contributed by atoms with Gasteiger partial charge in [0.25, 0.3) is 0 Å². The molecule has 4 aromatic heterocycles. The van der Waals surface area contributed by atoms with Gasteiger partial charge in [-0.1, -0.05) is 63.7 Å². The van der Waals surface area contributed by atoms with E-state index in [1.165, 1.54) is 0 Å². The molecular weight excluding hydrogens is 7000 g/mol. The maximum atomic E-state index is 9.31. The van der Waals surface area contributed by atoms with Gasteiger partial charge in [-0.2, -0.15) is 75.6 Å². The van der Waals surface area contributed by atoms with E-state index >= 15 is 0 Å². The largest absolute Gasteiger partial charge is 0.399 e. The van der Waals surface area contributed by atoms with Gasteiger partial charge in [-0.3, -0.25) is 0 Å². The molecule has 0 aliphatic rings. The van der Waals surface area contributed by atoms with Crippen LogP contribution in [0.1, 0.15) is 61.2 Å². The zero-order valence-electron chi connectivity index (χ0n) is 69.7. The van der Waals surface area contributed by atoms with Crippen LogP contribution in [0, 0.1) is 89.4 Å². The number of nitrogens with two attached hydrogens (primary N) is 2. The van der Waals surface area contributed by atoms with Crippen molar-refractivity contribution < 1.29 is 45.8 Å². The smallest absolute Gasteiger partial charge is 0.0991 e. The molecule has 0 radical (unpaired) electrons. The van der Waals surface area contributed by atoms with E-state index in [0.29, 0.717) is 77.6 Å². The van der Waals surface area contributed by atoms with Crippen molar-refractivity contribution in [2.24, 2.45) is 0 Å². The Kier molecular flexibility index (Phi) is 102. The molecule has 0 bridgehead atoms. The molecule has 7 N–H and O–H groups in total. The molecule has 0 aliphatic carbocycles. The van der Waals surface area contributed by atoms with Gasteiger partial charge in [-0.25, -0.2) is 0 Å². The Balaban J connectivity index is 0.000000552. The van der Waals surface area contributed by atoms with Crippen molar-refractivity contribution >= 4 is 731 Å². The van der Waals surface area contributed by atoms with Crippen LogP contribution in [0.2, 0.25) is 31.7 Å². The van der Waals surface area contributed by atoms with Crippen molar-refractivity contribution in [3.8, 4) is 59.2 Å². The van der Waals surface area contributed by atoms with Crippen molar-refractivity contribution in [3.05, 3.63) is 245 Å². The third-order valence-electron chi connectivity index (χ3n) is 13.4. The first-order valence-electron chi connectivity index (χ1n) is 33.9. The number of nitriles is 3. The normalized spacial score (nSPS) is 12.0. The number of halogens is 52. The van der Waals surface area contributed by atoms with E-state index in [0.717, 1.165) is 68.1 Å². The number of aromatic hydroxyl groups is 1. The molecular formula is C67H55Br4Cl6I42N19O4-2. The van der Waals surface area contributed by atoms with Gasteiger partial charge in [0.05, 0.1) is 34.9 Å². The predicted molar refractivity (Wildman–Crippen MR) is 967 cm³/mol. The average Bonchev–Trinajstić information content (AvgIpc) is 0.819. The van der Waals surface area contributed by atoms with Crippen LogP contribution in [0.5, 0.6) is 41.0 Å². The zero-order chi connectivity index (χ0) is 108. The van der Waals surface area contributed by atoms with E-state index in [1.807, 2.05) is 110 Å². The van der Waals surface area contributed by atoms with Gasteiger partial charge in [0.1, 0.15) is 23.0 Å². The van der Waals surface area contributed by atoms with Crippen LogP contribution in [0.15, 0.2) is 152 Å². The molecule has 75 heteroatoms. The molecule has 0 spiro atoms. The maximum Gasteiger partial charge on any atom is 0.0991 e. The first-order valence-corrected chi connectivity index (χ1v) is 284. The molecule has 11 aromatic rings. The van der Waals surface area contributed by atoms with Gasteiger partial charge in [0.15, 0.2) is 0 Å². The fraction of sp³-hybridized carbons (Fsp3) is 0.119.